The van der Waals surface area contributed by atoms with Crippen LogP contribution in [0.5, 0.6) is 11.5 Å². The van der Waals surface area contributed by atoms with Gasteiger partial charge in [-0.3, -0.25) is 0 Å². The molecule has 0 aromatic heterocycles. The van der Waals surface area contributed by atoms with E-state index in [1.807, 2.05) is 25.1 Å². The minimum absolute atomic E-state index is 0.259. The molecule has 0 spiro atoms. The third-order valence-electron chi connectivity index (χ3n) is 2.75. The van der Waals surface area contributed by atoms with Crippen LogP contribution in [-0.4, -0.2) is 38.6 Å². The highest BCUT2D eigenvalue weighted by atomic mass is 16.6. The summed E-state index contributed by atoms with van der Waals surface area (Å²) >= 11 is 0. The van der Waals surface area contributed by atoms with Gasteiger partial charge < -0.3 is 18.9 Å². The van der Waals surface area contributed by atoms with Crippen molar-refractivity contribution in [1.82, 2.24) is 0 Å². The topological polar surface area (TPSA) is 43.5 Å². The third-order valence-corrected chi connectivity index (χ3v) is 2.75. The highest BCUT2D eigenvalue weighted by molar-refractivity contribution is 5.42. The van der Waals surface area contributed by atoms with Gasteiger partial charge in [-0.15, -0.1) is 0 Å². The van der Waals surface area contributed by atoms with Crippen LogP contribution in [0.1, 0.15) is 5.56 Å². The van der Waals surface area contributed by atoms with Crippen LogP contribution < -0.4 is 9.47 Å². The first-order chi connectivity index (χ1) is 8.31. The smallest absolute Gasteiger partial charge is 0.161 e. The number of epoxide rings is 2. The molecule has 4 nitrogen and oxygen atoms in total. The van der Waals surface area contributed by atoms with Gasteiger partial charge in [0.25, 0.3) is 0 Å². The molecule has 2 unspecified atom stereocenters. The lowest BCUT2D eigenvalue weighted by Gasteiger charge is -2.12. The van der Waals surface area contributed by atoms with Crippen LogP contribution >= 0.6 is 0 Å². The molecule has 0 N–H and O–H groups in total. The molecule has 0 saturated carbocycles. The molecule has 2 saturated heterocycles. The maximum Gasteiger partial charge on any atom is 0.161 e. The molecule has 2 heterocycles. The van der Waals surface area contributed by atoms with E-state index in [0.717, 1.165) is 30.3 Å². The molecule has 2 aliphatic heterocycles. The van der Waals surface area contributed by atoms with Crippen LogP contribution in [-0.2, 0) is 9.47 Å². The van der Waals surface area contributed by atoms with Crippen LogP contribution in [0.15, 0.2) is 18.2 Å². The van der Waals surface area contributed by atoms with Crippen LogP contribution in [0, 0.1) is 6.92 Å². The molecule has 0 bridgehead atoms. The van der Waals surface area contributed by atoms with E-state index in [0.29, 0.717) is 13.2 Å². The molecular weight excluding hydrogens is 220 g/mol. The van der Waals surface area contributed by atoms with Crippen LogP contribution in [0.4, 0.5) is 0 Å². The average Bonchev–Trinajstić information content (AvgIpc) is 3.18. The molecule has 3 rings (SSSR count). The Kier molecular flexibility index (Phi) is 2.91. The van der Waals surface area contributed by atoms with Crippen LogP contribution in [0.25, 0.3) is 0 Å². The fourth-order valence-corrected chi connectivity index (χ4v) is 1.54. The number of hydrogen-bond acceptors (Lipinski definition) is 4. The summed E-state index contributed by atoms with van der Waals surface area (Å²) in [6, 6.07) is 5.95. The molecule has 0 radical (unpaired) electrons. The standard InChI is InChI=1S/C13H16O4/c1-9-2-3-12(16-7-10-5-14-10)13(4-9)17-8-11-6-15-11/h2-4,10-11H,5-8H2,1H3. The molecule has 4 heteroatoms. The van der Waals surface area contributed by atoms with Gasteiger partial charge in [-0.05, 0) is 24.6 Å². The van der Waals surface area contributed by atoms with E-state index in [1.54, 1.807) is 0 Å². The summed E-state index contributed by atoms with van der Waals surface area (Å²) in [5.74, 6) is 1.58. The molecule has 17 heavy (non-hydrogen) atoms. The first-order valence-electron chi connectivity index (χ1n) is 5.91. The molecular formula is C13H16O4. The third kappa shape index (κ3) is 3.11. The number of aryl methyl sites for hydroxylation is 1. The summed E-state index contributed by atoms with van der Waals surface area (Å²) in [6.07, 6.45) is 0.519. The van der Waals surface area contributed by atoms with Crippen LogP contribution in [0.2, 0.25) is 0 Å². The van der Waals surface area contributed by atoms with Gasteiger partial charge in [-0.1, -0.05) is 6.07 Å². The lowest BCUT2D eigenvalue weighted by atomic mass is 10.2. The summed E-state index contributed by atoms with van der Waals surface area (Å²) in [6.45, 7) is 4.84. The Balaban J connectivity index is 1.64. The second kappa shape index (κ2) is 4.55. The van der Waals surface area contributed by atoms with Gasteiger partial charge in [0, 0.05) is 0 Å². The molecule has 92 valence electrons. The molecule has 2 fully saturated rings. The second-order valence-electron chi connectivity index (χ2n) is 4.48. The molecule has 0 amide bonds. The van der Waals surface area contributed by atoms with Gasteiger partial charge in [-0.25, -0.2) is 0 Å². The predicted octanol–water partition coefficient (Wildman–Crippen LogP) is 1.55. The minimum atomic E-state index is 0.259. The first-order valence-corrected chi connectivity index (χ1v) is 5.91. The van der Waals surface area contributed by atoms with E-state index in [1.165, 1.54) is 0 Å². The van der Waals surface area contributed by atoms with Gasteiger partial charge in [0.2, 0.25) is 0 Å². The Morgan fingerprint density at radius 3 is 2.24 bits per heavy atom. The van der Waals surface area contributed by atoms with Crippen molar-refractivity contribution in [3.63, 3.8) is 0 Å². The van der Waals surface area contributed by atoms with Gasteiger partial charge in [-0.2, -0.15) is 0 Å². The summed E-state index contributed by atoms with van der Waals surface area (Å²) in [5.41, 5.74) is 1.16. The molecule has 0 aliphatic carbocycles. The zero-order valence-corrected chi connectivity index (χ0v) is 9.85. The molecule has 2 aliphatic rings. The maximum absolute atomic E-state index is 5.70. The van der Waals surface area contributed by atoms with Gasteiger partial charge in [0.15, 0.2) is 11.5 Å². The Bertz CT molecular complexity index is 396. The van der Waals surface area contributed by atoms with Crippen molar-refractivity contribution in [2.75, 3.05) is 26.4 Å². The Hall–Kier alpha value is -1.26. The molecule has 1 aromatic rings. The number of hydrogen-bond donors (Lipinski definition) is 0. The summed E-state index contributed by atoms with van der Waals surface area (Å²) in [7, 11) is 0. The SMILES string of the molecule is Cc1ccc(OCC2CO2)c(OCC2CO2)c1. The van der Waals surface area contributed by atoms with Gasteiger partial charge in [0.05, 0.1) is 13.2 Å². The molecule has 2 atom stereocenters. The van der Waals surface area contributed by atoms with E-state index in [4.69, 9.17) is 18.9 Å². The Labute approximate surface area is 100 Å². The van der Waals surface area contributed by atoms with E-state index < -0.39 is 0 Å². The van der Waals surface area contributed by atoms with E-state index >= 15 is 0 Å². The van der Waals surface area contributed by atoms with Crippen molar-refractivity contribution in [2.24, 2.45) is 0 Å². The van der Waals surface area contributed by atoms with E-state index in [9.17, 15) is 0 Å². The Morgan fingerprint density at radius 1 is 1.06 bits per heavy atom. The zero-order valence-electron chi connectivity index (χ0n) is 9.85. The van der Waals surface area contributed by atoms with Crippen LogP contribution in [0.3, 0.4) is 0 Å². The summed E-state index contributed by atoms with van der Waals surface area (Å²) < 4.78 is 21.6. The van der Waals surface area contributed by atoms with E-state index in [2.05, 4.69) is 0 Å². The maximum atomic E-state index is 5.70. The fraction of sp³-hybridized carbons (Fsp3) is 0.538. The Morgan fingerprint density at radius 2 is 1.65 bits per heavy atom. The van der Waals surface area contributed by atoms with Crippen molar-refractivity contribution < 1.29 is 18.9 Å². The van der Waals surface area contributed by atoms with Gasteiger partial charge in [0.1, 0.15) is 25.4 Å². The van der Waals surface area contributed by atoms with Crippen molar-refractivity contribution in [2.45, 2.75) is 19.1 Å². The highest BCUT2D eigenvalue weighted by Gasteiger charge is 2.25. The average molecular weight is 236 g/mol. The predicted molar refractivity (Wildman–Crippen MR) is 61.6 cm³/mol. The number of ether oxygens (including phenoxy) is 4. The zero-order chi connectivity index (χ0) is 11.7. The largest absolute Gasteiger partial charge is 0.487 e. The van der Waals surface area contributed by atoms with E-state index in [-0.39, 0.29) is 12.2 Å². The molecule has 1 aromatic carbocycles. The lowest BCUT2D eigenvalue weighted by Crippen LogP contribution is -2.08. The van der Waals surface area contributed by atoms with Crippen molar-refractivity contribution in [3.05, 3.63) is 23.8 Å². The monoisotopic (exact) mass is 236 g/mol. The number of benzene rings is 1. The van der Waals surface area contributed by atoms with Crippen molar-refractivity contribution in [1.29, 1.82) is 0 Å². The number of rotatable bonds is 6. The van der Waals surface area contributed by atoms with Crippen molar-refractivity contribution >= 4 is 0 Å². The summed E-state index contributed by atoms with van der Waals surface area (Å²) in [5, 5.41) is 0. The normalized spacial score (nSPS) is 25.5. The highest BCUT2D eigenvalue weighted by Crippen LogP contribution is 2.30. The minimum Gasteiger partial charge on any atom is -0.487 e. The quantitative estimate of drug-likeness (QED) is 0.703. The first kappa shape index (κ1) is 10.9. The second-order valence-corrected chi connectivity index (χ2v) is 4.48. The summed E-state index contributed by atoms with van der Waals surface area (Å²) in [4.78, 5) is 0. The lowest BCUT2D eigenvalue weighted by molar-refractivity contribution is 0.228. The van der Waals surface area contributed by atoms with Crippen molar-refractivity contribution in [3.8, 4) is 11.5 Å². The fourth-order valence-electron chi connectivity index (χ4n) is 1.54. The van der Waals surface area contributed by atoms with Gasteiger partial charge >= 0.3 is 0 Å².